The Kier molecular flexibility index (Phi) is 3.84. The highest BCUT2D eigenvalue weighted by Crippen LogP contribution is 2.35. The van der Waals surface area contributed by atoms with Crippen LogP contribution in [0.25, 0.3) is 10.9 Å². The third kappa shape index (κ3) is 2.28. The summed E-state index contributed by atoms with van der Waals surface area (Å²) in [7, 11) is 0. The second-order valence-electron chi connectivity index (χ2n) is 4.95. The van der Waals surface area contributed by atoms with E-state index in [-0.39, 0.29) is 12.0 Å². The van der Waals surface area contributed by atoms with E-state index in [2.05, 4.69) is 21.0 Å². The molecule has 1 aliphatic rings. The lowest BCUT2D eigenvalue weighted by Gasteiger charge is -2.23. The van der Waals surface area contributed by atoms with Crippen molar-refractivity contribution in [1.29, 1.82) is 0 Å². The number of hydrogen-bond donors (Lipinski definition) is 0. The monoisotopic (exact) mass is 356 g/mol. The molecule has 1 atom stereocenters. The average molecular weight is 358 g/mol. The maximum absolute atomic E-state index is 11.7. The number of aromatic nitrogens is 2. The number of Topliss-reactive ketones (excluding diaryl/α,β-unsaturated/α-hetero) is 1. The van der Waals surface area contributed by atoms with Crippen LogP contribution in [-0.4, -0.2) is 22.2 Å². The summed E-state index contributed by atoms with van der Waals surface area (Å²) in [6.45, 7) is 2.26. The first-order valence-electron chi connectivity index (χ1n) is 6.57. The maximum Gasteiger partial charge on any atom is 0.162 e. The Morgan fingerprint density at radius 1 is 1.55 bits per heavy atom. The van der Waals surface area contributed by atoms with Crippen molar-refractivity contribution in [3.63, 3.8) is 0 Å². The number of ether oxygens (including phenoxy) is 1. The highest BCUT2D eigenvalue weighted by atomic mass is 79.9. The first kappa shape index (κ1) is 14.0. The Hall–Kier alpha value is -0.910. The van der Waals surface area contributed by atoms with Crippen molar-refractivity contribution in [3.05, 3.63) is 27.3 Å². The number of nitrogens with zero attached hydrogens (tertiary/aromatic N) is 2. The van der Waals surface area contributed by atoms with Gasteiger partial charge in [0, 0.05) is 16.5 Å². The molecule has 0 aliphatic carbocycles. The molecular formula is C14H14BrClN2O2. The Balaban J connectivity index is 2.15. The van der Waals surface area contributed by atoms with Crippen LogP contribution in [0.5, 0.6) is 0 Å². The van der Waals surface area contributed by atoms with Crippen LogP contribution in [0.2, 0.25) is 5.02 Å². The third-order valence-corrected chi connectivity index (χ3v) is 4.69. The number of carbonyl (C=O) groups is 1. The van der Waals surface area contributed by atoms with Crippen molar-refractivity contribution in [3.8, 4) is 0 Å². The average Bonchev–Trinajstić information content (AvgIpc) is 2.83. The van der Waals surface area contributed by atoms with Gasteiger partial charge >= 0.3 is 0 Å². The van der Waals surface area contributed by atoms with Crippen molar-refractivity contribution in [2.45, 2.75) is 32.4 Å². The Morgan fingerprint density at radius 2 is 2.35 bits per heavy atom. The first-order valence-corrected chi connectivity index (χ1v) is 7.74. The van der Waals surface area contributed by atoms with Crippen LogP contribution >= 0.6 is 27.5 Å². The van der Waals surface area contributed by atoms with Crippen molar-refractivity contribution in [2.24, 2.45) is 0 Å². The lowest BCUT2D eigenvalue weighted by atomic mass is 10.1. The molecule has 4 nitrogen and oxygen atoms in total. The van der Waals surface area contributed by atoms with Gasteiger partial charge < -0.3 is 4.74 Å². The van der Waals surface area contributed by atoms with Gasteiger partial charge in [0.05, 0.1) is 22.3 Å². The zero-order valence-corrected chi connectivity index (χ0v) is 13.4. The fourth-order valence-corrected chi connectivity index (χ4v) is 3.83. The lowest BCUT2D eigenvalue weighted by Crippen LogP contribution is -2.19. The SMILES string of the molecule is CC(=O)c1c(Cl)cc2c(cnn2C2CCCCO2)c1Br. The largest absolute Gasteiger partial charge is 0.356 e. The maximum atomic E-state index is 11.7. The topological polar surface area (TPSA) is 44.1 Å². The van der Waals surface area contributed by atoms with Crippen LogP contribution in [-0.2, 0) is 4.74 Å². The fraction of sp³-hybridized carbons (Fsp3) is 0.429. The van der Waals surface area contributed by atoms with E-state index in [1.165, 1.54) is 6.92 Å². The highest BCUT2D eigenvalue weighted by molar-refractivity contribution is 9.10. The highest BCUT2D eigenvalue weighted by Gasteiger charge is 2.22. The number of carbonyl (C=O) groups excluding carboxylic acids is 1. The number of ketones is 1. The molecule has 2 heterocycles. The van der Waals surface area contributed by atoms with Crippen molar-refractivity contribution in [2.75, 3.05) is 6.61 Å². The van der Waals surface area contributed by atoms with Gasteiger partial charge in [-0.3, -0.25) is 4.79 Å². The molecule has 1 saturated heterocycles. The van der Waals surface area contributed by atoms with Crippen LogP contribution in [0.3, 0.4) is 0 Å². The standard InChI is InChI=1S/C14H14BrClN2O2/c1-8(19)13-10(16)6-11-9(14(13)15)7-17-18(11)12-4-2-3-5-20-12/h6-7,12H,2-5H2,1H3. The molecule has 20 heavy (non-hydrogen) atoms. The zero-order chi connectivity index (χ0) is 14.3. The molecule has 1 aliphatic heterocycles. The summed E-state index contributed by atoms with van der Waals surface area (Å²) in [5.74, 6) is -0.0644. The molecule has 3 rings (SSSR count). The molecule has 0 N–H and O–H groups in total. The fourth-order valence-electron chi connectivity index (χ4n) is 2.59. The predicted octanol–water partition coefficient (Wildman–Crippen LogP) is 4.35. The molecule has 0 amide bonds. The molecule has 6 heteroatoms. The molecule has 1 unspecified atom stereocenters. The first-order chi connectivity index (χ1) is 9.59. The van der Waals surface area contributed by atoms with Crippen LogP contribution in [0, 0.1) is 0 Å². The normalized spacial score (nSPS) is 19.4. The number of benzene rings is 1. The van der Waals surface area contributed by atoms with Gasteiger partial charge in [-0.25, -0.2) is 4.68 Å². The van der Waals surface area contributed by atoms with Crippen molar-refractivity contribution in [1.82, 2.24) is 9.78 Å². The van der Waals surface area contributed by atoms with Gasteiger partial charge in [-0.2, -0.15) is 5.10 Å². The Bertz CT molecular complexity index is 677. The summed E-state index contributed by atoms with van der Waals surface area (Å²) in [6, 6.07) is 1.79. The molecule has 106 valence electrons. The predicted molar refractivity (Wildman–Crippen MR) is 81.3 cm³/mol. The van der Waals surface area contributed by atoms with Crippen molar-refractivity contribution < 1.29 is 9.53 Å². The quantitative estimate of drug-likeness (QED) is 0.750. The molecule has 0 saturated carbocycles. The number of rotatable bonds is 2. The van der Waals surface area contributed by atoms with E-state index in [0.717, 1.165) is 36.8 Å². The minimum absolute atomic E-state index is 0.0487. The van der Waals surface area contributed by atoms with Gasteiger partial charge in [0.1, 0.15) is 0 Å². The second kappa shape index (κ2) is 5.47. The molecular weight excluding hydrogens is 344 g/mol. The molecule has 2 aromatic rings. The van der Waals surface area contributed by atoms with E-state index < -0.39 is 0 Å². The van der Waals surface area contributed by atoms with E-state index in [1.807, 2.05) is 4.68 Å². The third-order valence-electron chi connectivity index (χ3n) is 3.57. The van der Waals surface area contributed by atoms with Crippen LogP contribution in [0.15, 0.2) is 16.7 Å². The summed E-state index contributed by atoms with van der Waals surface area (Å²) in [5.41, 5.74) is 1.39. The van der Waals surface area contributed by atoms with E-state index >= 15 is 0 Å². The van der Waals surface area contributed by atoms with Gasteiger partial charge in [-0.15, -0.1) is 0 Å². The summed E-state index contributed by atoms with van der Waals surface area (Å²) in [6.07, 6.45) is 4.87. The molecule has 0 radical (unpaired) electrons. The summed E-state index contributed by atoms with van der Waals surface area (Å²) in [5, 5.41) is 5.74. The van der Waals surface area contributed by atoms with Crippen molar-refractivity contribution >= 4 is 44.2 Å². The van der Waals surface area contributed by atoms with E-state index in [1.54, 1.807) is 12.3 Å². The van der Waals surface area contributed by atoms with Gasteiger partial charge in [0.15, 0.2) is 12.0 Å². The number of hydrogen-bond acceptors (Lipinski definition) is 3. The minimum atomic E-state index is -0.0644. The van der Waals surface area contributed by atoms with Gasteiger partial charge in [0.25, 0.3) is 0 Å². The smallest absolute Gasteiger partial charge is 0.162 e. The molecule has 0 spiro atoms. The van der Waals surface area contributed by atoms with Gasteiger partial charge in [0.2, 0.25) is 0 Å². The lowest BCUT2D eigenvalue weighted by molar-refractivity contribution is -0.0366. The molecule has 1 fully saturated rings. The van der Waals surface area contributed by atoms with E-state index in [9.17, 15) is 4.79 Å². The summed E-state index contributed by atoms with van der Waals surface area (Å²) < 4.78 is 8.32. The zero-order valence-electron chi connectivity index (χ0n) is 11.0. The minimum Gasteiger partial charge on any atom is -0.356 e. The number of fused-ring (bicyclic) bond motifs is 1. The Morgan fingerprint density at radius 3 is 3.00 bits per heavy atom. The Labute approximate surface area is 130 Å². The van der Waals surface area contributed by atoms with Crippen LogP contribution < -0.4 is 0 Å². The molecule has 1 aromatic heterocycles. The van der Waals surface area contributed by atoms with Crippen LogP contribution in [0.1, 0.15) is 42.8 Å². The summed E-state index contributed by atoms with van der Waals surface area (Å²) in [4.78, 5) is 11.7. The van der Waals surface area contributed by atoms with Gasteiger partial charge in [-0.1, -0.05) is 11.6 Å². The van der Waals surface area contributed by atoms with E-state index in [4.69, 9.17) is 16.3 Å². The van der Waals surface area contributed by atoms with E-state index in [0.29, 0.717) is 15.1 Å². The number of halogens is 2. The van der Waals surface area contributed by atoms with Gasteiger partial charge in [-0.05, 0) is 48.2 Å². The molecule has 1 aromatic carbocycles. The molecule has 0 bridgehead atoms. The second-order valence-corrected chi connectivity index (χ2v) is 6.15. The summed E-state index contributed by atoms with van der Waals surface area (Å²) >= 11 is 9.71. The van der Waals surface area contributed by atoms with Crippen LogP contribution in [0.4, 0.5) is 0 Å².